The van der Waals surface area contributed by atoms with Gasteiger partial charge in [-0.3, -0.25) is 0 Å². The standard InChI is InChI=1S/C11H14N2O/c1-4-9-7-12-10(13-8-9)5-6-11(2,3)14/h7-8,14H,4H2,1-3H3. The van der Waals surface area contributed by atoms with Gasteiger partial charge in [-0.2, -0.15) is 0 Å². The zero-order valence-corrected chi connectivity index (χ0v) is 8.70. The second kappa shape index (κ2) is 4.21. The van der Waals surface area contributed by atoms with Gasteiger partial charge in [-0.05, 0) is 31.8 Å². The molecule has 3 nitrogen and oxygen atoms in total. The van der Waals surface area contributed by atoms with Crippen LogP contribution in [-0.2, 0) is 6.42 Å². The van der Waals surface area contributed by atoms with E-state index in [-0.39, 0.29) is 0 Å². The molecule has 1 aromatic heterocycles. The van der Waals surface area contributed by atoms with E-state index in [1.165, 1.54) is 0 Å². The average molecular weight is 190 g/mol. The van der Waals surface area contributed by atoms with E-state index in [2.05, 4.69) is 21.8 Å². The second-order valence-electron chi connectivity index (χ2n) is 3.58. The van der Waals surface area contributed by atoms with Gasteiger partial charge < -0.3 is 5.11 Å². The molecule has 0 aromatic carbocycles. The molecule has 14 heavy (non-hydrogen) atoms. The number of nitrogens with zero attached hydrogens (tertiary/aromatic N) is 2. The lowest BCUT2D eigenvalue weighted by atomic mass is 10.1. The first-order valence-electron chi connectivity index (χ1n) is 4.58. The van der Waals surface area contributed by atoms with Crippen molar-refractivity contribution in [3.8, 4) is 11.8 Å². The van der Waals surface area contributed by atoms with Crippen LogP contribution in [0.1, 0.15) is 32.2 Å². The largest absolute Gasteiger partial charge is 0.378 e. The van der Waals surface area contributed by atoms with Gasteiger partial charge in [0.2, 0.25) is 5.82 Å². The predicted octanol–water partition coefficient (Wildman–Crippen LogP) is 1.16. The molecule has 0 spiro atoms. The SMILES string of the molecule is CCc1cnc(C#CC(C)(C)O)nc1. The number of aromatic nitrogens is 2. The topological polar surface area (TPSA) is 46.0 Å². The Balaban J connectivity index is 2.82. The molecule has 1 N–H and O–H groups in total. The van der Waals surface area contributed by atoms with Crippen LogP contribution in [0.25, 0.3) is 0 Å². The van der Waals surface area contributed by atoms with Crippen LogP contribution < -0.4 is 0 Å². The van der Waals surface area contributed by atoms with Crippen LogP contribution in [0.15, 0.2) is 12.4 Å². The Hall–Kier alpha value is -1.40. The van der Waals surface area contributed by atoms with E-state index in [1.807, 2.05) is 6.92 Å². The van der Waals surface area contributed by atoms with Crippen molar-refractivity contribution in [3.05, 3.63) is 23.8 Å². The van der Waals surface area contributed by atoms with E-state index in [9.17, 15) is 5.11 Å². The first-order valence-corrected chi connectivity index (χ1v) is 4.58. The summed E-state index contributed by atoms with van der Waals surface area (Å²) < 4.78 is 0. The van der Waals surface area contributed by atoms with Crippen molar-refractivity contribution in [2.45, 2.75) is 32.8 Å². The zero-order valence-electron chi connectivity index (χ0n) is 8.70. The van der Waals surface area contributed by atoms with Crippen LogP contribution in [0.5, 0.6) is 0 Å². The van der Waals surface area contributed by atoms with E-state index >= 15 is 0 Å². The summed E-state index contributed by atoms with van der Waals surface area (Å²) in [6.07, 6.45) is 4.42. The fourth-order valence-corrected chi connectivity index (χ4v) is 0.811. The molecule has 0 saturated heterocycles. The molecule has 0 amide bonds. The van der Waals surface area contributed by atoms with E-state index in [1.54, 1.807) is 26.2 Å². The summed E-state index contributed by atoms with van der Waals surface area (Å²) in [5.41, 5.74) is 0.0890. The van der Waals surface area contributed by atoms with Crippen LogP contribution >= 0.6 is 0 Å². The molecule has 0 bridgehead atoms. The summed E-state index contributed by atoms with van der Waals surface area (Å²) in [7, 11) is 0. The molecule has 0 aliphatic carbocycles. The van der Waals surface area contributed by atoms with Gasteiger partial charge >= 0.3 is 0 Å². The number of rotatable bonds is 1. The van der Waals surface area contributed by atoms with Gasteiger partial charge in [0.05, 0.1) is 0 Å². The Morgan fingerprint density at radius 1 is 1.36 bits per heavy atom. The Morgan fingerprint density at radius 3 is 2.36 bits per heavy atom. The molecule has 0 radical (unpaired) electrons. The molecule has 1 rings (SSSR count). The zero-order chi connectivity index (χ0) is 10.6. The summed E-state index contributed by atoms with van der Waals surface area (Å²) >= 11 is 0. The first-order chi connectivity index (χ1) is 6.51. The molecule has 74 valence electrons. The van der Waals surface area contributed by atoms with Gasteiger partial charge in [0, 0.05) is 12.4 Å². The van der Waals surface area contributed by atoms with Gasteiger partial charge in [0.15, 0.2) is 0 Å². The van der Waals surface area contributed by atoms with Crippen LogP contribution in [-0.4, -0.2) is 20.7 Å². The number of aliphatic hydroxyl groups is 1. The monoisotopic (exact) mass is 190 g/mol. The molecule has 3 heteroatoms. The van der Waals surface area contributed by atoms with E-state index < -0.39 is 5.60 Å². The molecular weight excluding hydrogens is 176 g/mol. The summed E-state index contributed by atoms with van der Waals surface area (Å²) in [6.45, 7) is 5.29. The minimum atomic E-state index is -0.993. The molecular formula is C11H14N2O. The summed E-state index contributed by atoms with van der Waals surface area (Å²) in [4.78, 5) is 8.11. The predicted molar refractivity (Wildman–Crippen MR) is 54.6 cm³/mol. The van der Waals surface area contributed by atoms with Crippen molar-refractivity contribution in [2.75, 3.05) is 0 Å². The molecule has 1 aromatic rings. The van der Waals surface area contributed by atoms with Crippen molar-refractivity contribution in [2.24, 2.45) is 0 Å². The third-order valence-corrected chi connectivity index (χ3v) is 1.59. The van der Waals surface area contributed by atoms with Crippen LogP contribution in [0, 0.1) is 11.8 Å². The van der Waals surface area contributed by atoms with E-state index in [0.29, 0.717) is 5.82 Å². The first kappa shape index (κ1) is 10.7. The summed E-state index contributed by atoms with van der Waals surface area (Å²) in [6, 6.07) is 0. The fraction of sp³-hybridized carbons (Fsp3) is 0.455. The molecule has 0 unspecified atom stereocenters. The molecule has 0 atom stereocenters. The Morgan fingerprint density at radius 2 is 1.93 bits per heavy atom. The Labute approximate surface area is 84.2 Å². The highest BCUT2D eigenvalue weighted by Crippen LogP contribution is 1.99. The van der Waals surface area contributed by atoms with E-state index in [4.69, 9.17) is 0 Å². The lowest BCUT2D eigenvalue weighted by Crippen LogP contribution is -2.14. The van der Waals surface area contributed by atoms with Gasteiger partial charge in [-0.15, -0.1) is 0 Å². The highest BCUT2D eigenvalue weighted by atomic mass is 16.3. The maximum Gasteiger partial charge on any atom is 0.204 e. The third-order valence-electron chi connectivity index (χ3n) is 1.59. The van der Waals surface area contributed by atoms with Crippen molar-refractivity contribution in [3.63, 3.8) is 0 Å². The smallest absolute Gasteiger partial charge is 0.204 e. The second-order valence-corrected chi connectivity index (χ2v) is 3.58. The van der Waals surface area contributed by atoms with Crippen molar-refractivity contribution < 1.29 is 5.11 Å². The Bertz CT molecular complexity index is 352. The summed E-state index contributed by atoms with van der Waals surface area (Å²) in [5.74, 6) is 5.82. The molecule has 0 aliphatic heterocycles. The van der Waals surface area contributed by atoms with Crippen molar-refractivity contribution in [1.29, 1.82) is 0 Å². The molecule has 0 fully saturated rings. The Kier molecular flexibility index (Phi) is 3.21. The molecule has 1 heterocycles. The number of aryl methyl sites for hydroxylation is 1. The fourth-order valence-electron chi connectivity index (χ4n) is 0.811. The van der Waals surface area contributed by atoms with Crippen molar-refractivity contribution in [1.82, 2.24) is 9.97 Å². The van der Waals surface area contributed by atoms with Gasteiger partial charge in [-0.1, -0.05) is 12.8 Å². The number of hydrogen-bond donors (Lipinski definition) is 1. The molecule has 0 saturated carbocycles. The number of hydrogen-bond acceptors (Lipinski definition) is 3. The average Bonchev–Trinajstić information content (AvgIpc) is 2.14. The van der Waals surface area contributed by atoms with E-state index in [0.717, 1.165) is 12.0 Å². The van der Waals surface area contributed by atoms with Gasteiger partial charge in [0.1, 0.15) is 5.60 Å². The highest BCUT2D eigenvalue weighted by Gasteiger charge is 2.05. The maximum absolute atomic E-state index is 9.35. The van der Waals surface area contributed by atoms with Crippen LogP contribution in [0.4, 0.5) is 0 Å². The minimum absolute atomic E-state index is 0.448. The maximum atomic E-state index is 9.35. The quantitative estimate of drug-likeness (QED) is 0.676. The van der Waals surface area contributed by atoms with Crippen LogP contribution in [0.3, 0.4) is 0 Å². The summed E-state index contributed by atoms with van der Waals surface area (Å²) in [5, 5.41) is 9.35. The minimum Gasteiger partial charge on any atom is -0.378 e. The van der Waals surface area contributed by atoms with Crippen LogP contribution in [0.2, 0.25) is 0 Å². The highest BCUT2D eigenvalue weighted by molar-refractivity contribution is 5.24. The van der Waals surface area contributed by atoms with Crippen molar-refractivity contribution >= 4 is 0 Å². The van der Waals surface area contributed by atoms with Gasteiger partial charge in [-0.25, -0.2) is 9.97 Å². The molecule has 0 aliphatic rings. The normalized spacial score (nSPS) is 10.6. The lowest BCUT2D eigenvalue weighted by Gasteiger charge is -2.05. The lowest BCUT2D eigenvalue weighted by molar-refractivity contribution is 0.143. The van der Waals surface area contributed by atoms with Gasteiger partial charge in [0.25, 0.3) is 0 Å². The third kappa shape index (κ3) is 3.55.